The number of nitrogens with two attached hydrogens (primary N) is 1. The van der Waals surface area contributed by atoms with Crippen LogP contribution in [0.5, 0.6) is 5.75 Å². The van der Waals surface area contributed by atoms with Crippen molar-refractivity contribution in [2.75, 3.05) is 20.3 Å². The number of hydrogen-bond acceptors (Lipinski definition) is 10. The van der Waals surface area contributed by atoms with Crippen molar-refractivity contribution in [2.45, 2.75) is 104 Å². The van der Waals surface area contributed by atoms with Gasteiger partial charge in [0.1, 0.15) is 23.9 Å². The molecule has 2 rings (SSSR count). The van der Waals surface area contributed by atoms with E-state index in [4.69, 9.17) is 20.3 Å². The number of hydrogen-bond donors (Lipinski definition) is 6. The summed E-state index contributed by atoms with van der Waals surface area (Å²) in [4.78, 5) is 75.9. The fourth-order valence-corrected chi connectivity index (χ4v) is 4.98. The average Bonchev–Trinajstić information content (AvgIpc) is 3.11. The van der Waals surface area contributed by atoms with Crippen LogP contribution in [-0.2, 0) is 46.3 Å². The van der Waals surface area contributed by atoms with Gasteiger partial charge in [0.05, 0.1) is 19.2 Å². The highest BCUT2D eigenvalue weighted by Gasteiger charge is 2.29. The number of carbonyl (C=O) groups excluding carboxylic acids is 6. The zero-order chi connectivity index (χ0) is 39.1. The Hall–Kier alpha value is -4.82. The molecule has 0 spiro atoms. The van der Waals surface area contributed by atoms with Crippen LogP contribution in [0.15, 0.2) is 54.6 Å². The molecule has 0 fully saturated rings. The van der Waals surface area contributed by atoms with Crippen LogP contribution in [0.3, 0.4) is 0 Å². The van der Waals surface area contributed by atoms with Gasteiger partial charge in [0, 0.05) is 20.5 Å². The summed E-state index contributed by atoms with van der Waals surface area (Å²) in [7, 11) is 1.00. The zero-order valence-corrected chi connectivity index (χ0v) is 31.2. The third-order valence-electron chi connectivity index (χ3n) is 7.64. The molecule has 0 aromatic heterocycles. The highest BCUT2D eigenvalue weighted by molar-refractivity contribution is 5.94. The summed E-state index contributed by atoms with van der Waals surface area (Å²) in [6.45, 7) is 8.51. The number of aliphatic hydroxyl groups is 1. The minimum Gasteiger partial charge on any atom is -0.464 e. The first-order valence-corrected chi connectivity index (χ1v) is 17.6. The summed E-state index contributed by atoms with van der Waals surface area (Å²) in [5.74, 6) is -2.92. The van der Waals surface area contributed by atoms with Crippen LogP contribution < -0.4 is 31.7 Å². The van der Waals surface area contributed by atoms with Crippen molar-refractivity contribution in [2.24, 2.45) is 11.7 Å². The molecule has 2 aromatic rings. The van der Waals surface area contributed by atoms with E-state index >= 15 is 0 Å². The molecule has 14 heteroatoms. The van der Waals surface area contributed by atoms with Crippen LogP contribution >= 0.6 is 0 Å². The molecule has 7 N–H and O–H groups in total. The first-order valence-electron chi connectivity index (χ1n) is 17.6. The van der Waals surface area contributed by atoms with Crippen molar-refractivity contribution in [1.82, 2.24) is 21.3 Å². The zero-order valence-electron chi connectivity index (χ0n) is 31.2. The van der Waals surface area contributed by atoms with Crippen molar-refractivity contribution >= 4 is 35.6 Å². The normalized spacial score (nSPS) is 12.9. The van der Waals surface area contributed by atoms with E-state index in [9.17, 15) is 28.8 Å². The van der Waals surface area contributed by atoms with E-state index in [1.54, 1.807) is 24.3 Å². The van der Waals surface area contributed by atoms with Crippen LogP contribution in [-0.4, -0.2) is 85.1 Å². The summed E-state index contributed by atoms with van der Waals surface area (Å²) in [5, 5.41) is 17.5. The molecule has 0 heterocycles. The third kappa shape index (κ3) is 18.4. The monoisotopic (exact) mass is 727 g/mol. The molecule has 0 saturated carbocycles. The van der Waals surface area contributed by atoms with Gasteiger partial charge >= 0.3 is 11.9 Å². The van der Waals surface area contributed by atoms with E-state index in [1.165, 1.54) is 13.8 Å². The van der Waals surface area contributed by atoms with Crippen LogP contribution in [0.1, 0.15) is 77.8 Å². The molecule has 0 aliphatic heterocycles. The van der Waals surface area contributed by atoms with Gasteiger partial charge in [0.25, 0.3) is 0 Å². The summed E-state index contributed by atoms with van der Waals surface area (Å²) in [5.41, 5.74) is 7.55. The predicted molar refractivity (Wildman–Crippen MR) is 197 cm³/mol. The van der Waals surface area contributed by atoms with E-state index in [0.717, 1.165) is 43.9 Å². The minimum atomic E-state index is -1.05. The van der Waals surface area contributed by atoms with Crippen molar-refractivity contribution in [3.05, 3.63) is 65.7 Å². The standard InChI is InChI=1S/C37H53N5O8.CH4O/c1-6-7-8-12-19-49-37(48)32(20-24(2)3)42-36(47)31(22-27-13-10-9-11-14-27)41-33(44)23-39-34(45)25(4)40-35(46)30(38)21-28-15-17-29(18-16-28)50-26(5)43;1-2/h9-11,13-18,24-25,30-32H,6-8,12,19-23,38H2,1-5H3,(H,39,45)(H,40,46)(H,41,44)(H,42,47);2H,1H3/t25-,30?,31?,32?;/m1./s1. The van der Waals surface area contributed by atoms with Crippen molar-refractivity contribution < 1.29 is 43.3 Å². The number of nitrogens with one attached hydrogen (secondary N) is 4. The van der Waals surface area contributed by atoms with Gasteiger partial charge in [-0.05, 0) is 55.4 Å². The maximum absolute atomic E-state index is 13.5. The van der Waals surface area contributed by atoms with Crippen LogP contribution in [0.25, 0.3) is 0 Å². The number of benzene rings is 2. The molecule has 0 radical (unpaired) electrons. The second-order valence-electron chi connectivity index (χ2n) is 12.7. The predicted octanol–water partition coefficient (Wildman–Crippen LogP) is 2.09. The van der Waals surface area contributed by atoms with Gasteiger partial charge in [-0.2, -0.15) is 0 Å². The van der Waals surface area contributed by atoms with Crippen LogP contribution in [0.2, 0.25) is 0 Å². The number of ether oxygens (including phenoxy) is 2. The van der Waals surface area contributed by atoms with Gasteiger partial charge in [0.2, 0.25) is 23.6 Å². The number of amides is 4. The Morgan fingerprint density at radius 3 is 1.98 bits per heavy atom. The highest BCUT2D eigenvalue weighted by atomic mass is 16.5. The molecule has 0 aliphatic rings. The van der Waals surface area contributed by atoms with Gasteiger partial charge in [-0.3, -0.25) is 24.0 Å². The Balaban J connectivity index is 0.00000664. The van der Waals surface area contributed by atoms with E-state index in [0.29, 0.717) is 12.2 Å². The second kappa shape index (κ2) is 25.2. The number of esters is 2. The smallest absolute Gasteiger partial charge is 0.328 e. The van der Waals surface area contributed by atoms with Crippen molar-refractivity contribution in [3.8, 4) is 5.75 Å². The maximum atomic E-state index is 13.5. The van der Waals surface area contributed by atoms with E-state index in [1.807, 2.05) is 44.2 Å². The Kier molecular flexibility index (Phi) is 21.9. The lowest BCUT2D eigenvalue weighted by molar-refractivity contribution is -0.148. The molecule has 0 bridgehead atoms. The first-order chi connectivity index (χ1) is 24.8. The maximum Gasteiger partial charge on any atom is 0.328 e. The molecule has 288 valence electrons. The lowest BCUT2D eigenvalue weighted by atomic mass is 10.0. The minimum absolute atomic E-state index is 0.0857. The summed E-state index contributed by atoms with van der Waals surface area (Å²) >= 11 is 0. The summed E-state index contributed by atoms with van der Waals surface area (Å²) in [6, 6.07) is 11.7. The molecule has 52 heavy (non-hydrogen) atoms. The van der Waals surface area contributed by atoms with E-state index in [-0.39, 0.29) is 25.4 Å². The average molecular weight is 728 g/mol. The molecular weight excluding hydrogens is 670 g/mol. The molecule has 0 aliphatic carbocycles. The van der Waals surface area contributed by atoms with Gasteiger partial charge in [-0.15, -0.1) is 0 Å². The summed E-state index contributed by atoms with van der Waals surface area (Å²) < 4.78 is 10.5. The van der Waals surface area contributed by atoms with E-state index < -0.39 is 66.3 Å². The third-order valence-corrected chi connectivity index (χ3v) is 7.64. The highest BCUT2D eigenvalue weighted by Crippen LogP contribution is 2.14. The Labute approximate surface area is 307 Å². The lowest BCUT2D eigenvalue weighted by Gasteiger charge is -2.24. The van der Waals surface area contributed by atoms with Gasteiger partial charge in [0.15, 0.2) is 0 Å². The summed E-state index contributed by atoms with van der Waals surface area (Å²) in [6.07, 6.45) is 4.46. The quantitative estimate of drug-likeness (QED) is 0.0626. The SMILES string of the molecule is CCCCCCOC(=O)C(CC(C)C)NC(=O)C(Cc1ccccc1)NC(=O)CNC(=O)[C@@H](C)NC(=O)C(N)Cc1ccc(OC(C)=O)cc1.CO. The van der Waals surface area contributed by atoms with Gasteiger partial charge in [-0.1, -0.05) is 82.5 Å². The van der Waals surface area contributed by atoms with Crippen molar-refractivity contribution in [1.29, 1.82) is 0 Å². The topological polar surface area (TPSA) is 215 Å². The second-order valence-corrected chi connectivity index (χ2v) is 12.7. The van der Waals surface area contributed by atoms with Crippen molar-refractivity contribution in [3.63, 3.8) is 0 Å². The first kappa shape index (κ1) is 45.2. The molecule has 2 aromatic carbocycles. The Bertz CT molecular complexity index is 1400. The molecule has 0 saturated heterocycles. The largest absolute Gasteiger partial charge is 0.464 e. The number of rotatable bonds is 21. The van der Waals surface area contributed by atoms with E-state index in [2.05, 4.69) is 28.2 Å². The number of unbranched alkanes of at least 4 members (excludes halogenated alkanes) is 3. The van der Waals surface area contributed by atoms with Gasteiger partial charge in [-0.25, -0.2) is 4.79 Å². The Morgan fingerprint density at radius 1 is 0.750 bits per heavy atom. The molecule has 4 atom stereocenters. The van der Waals surface area contributed by atoms with Gasteiger partial charge < -0.3 is 41.6 Å². The molecule has 3 unspecified atom stereocenters. The molecule has 14 nitrogen and oxygen atoms in total. The fraction of sp³-hybridized carbons (Fsp3) is 0.526. The lowest BCUT2D eigenvalue weighted by Crippen LogP contribution is -2.55. The van der Waals surface area contributed by atoms with Crippen LogP contribution in [0.4, 0.5) is 0 Å². The number of carbonyl (C=O) groups is 6. The fourth-order valence-electron chi connectivity index (χ4n) is 4.98. The Morgan fingerprint density at radius 2 is 1.38 bits per heavy atom. The van der Waals surface area contributed by atoms with Crippen LogP contribution in [0, 0.1) is 5.92 Å². The molecule has 4 amide bonds. The number of aliphatic hydroxyl groups excluding tert-OH is 1. The molecular formula is C38H57N5O9.